The molecule has 20 unspecified atom stereocenters. The molecule has 26 N–H and O–H groups in total. The number of imidazole rings is 1. The molecule has 3 saturated heterocycles. The van der Waals surface area contributed by atoms with Gasteiger partial charge in [-0.25, -0.2) is 29.7 Å². The van der Waals surface area contributed by atoms with Crippen molar-refractivity contribution in [2.24, 2.45) is 28.9 Å². The standard InChI is InChI=1S/C57H89N19O21S2/c1-22-35(72-48(74-46(22)60)27(14-33(59)80)67-15-26(58)47(61)86)54(91)75(5)37(43(28-16-64-21-68-28)95-56-45(41(84)39(82)31(17-77)94-56)96-55-42(85)44(97-57(62)92)40(83)32(18-78)93-55)52(90)69-24(3)38(81)23(2)49(87)73-36(25(4)79)51(89)65-7-6-34-70-30(20-98-34)53-71-29(19-99-53)50(88)66-10-13-76-11-8-63-9-12-76/h16,19-21,23-27,31-32,36-45,49,55-56,63,67,73,77-79,81-85,87H,6-15,17-18,58H2,1-5H3,(H2,59,80)(H2,61,86)(H2,62,92)(H,64,68)(H,65,89)(H,66,88)(H,69,90)(H2,60,72,74). The first-order valence-corrected chi connectivity index (χ1v) is 33.2. The summed E-state index contributed by atoms with van der Waals surface area (Å²) in [6.07, 6.45) is -26.5. The molecule has 40 nitrogen and oxygen atoms in total. The number of aliphatic hydroxyl groups excluding tert-OH is 9. The number of hydrogen-bond donors (Lipinski definition) is 21. The van der Waals surface area contributed by atoms with Crippen LogP contribution < -0.4 is 60.6 Å². The number of hydrogen-bond acceptors (Lipinski definition) is 34. The zero-order valence-corrected chi connectivity index (χ0v) is 56.2. The number of aliphatic hydroxyl groups is 9. The Bertz CT molecular complexity index is 3340. The van der Waals surface area contributed by atoms with E-state index in [0.29, 0.717) is 28.8 Å². The Morgan fingerprint density at radius 1 is 0.848 bits per heavy atom. The van der Waals surface area contributed by atoms with Crippen LogP contribution in [0.3, 0.4) is 0 Å². The fraction of sp³-hybridized carbons (Fsp3) is 0.649. The van der Waals surface area contributed by atoms with Gasteiger partial charge in [0.05, 0.1) is 66.8 Å². The Morgan fingerprint density at radius 2 is 1.54 bits per heavy atom. The summed E-state index contributed by atoms with van der Waals surface area (Å²) < 4.78 is 29.0. The highest BCUT2D eigenvalue weighted by Crippen LogP contribution is 2.36. The third-order valence-corrected chi connectivity index (χ3v) is 18.5. The molecule has 7 amide bonds. The van der Waals surface area contributed by atoms with Crippen molar-refractivity contribution in [3.05, 3.63) is 56.8 Å². The number of aromatic amines is 1. The fourth-order valence-corrected chi connectivity index (χ4v) is 12.5. The Kier molecular flexibility index (Phi) is 29.0. The molecular formula is C57H89N19O21S2. The molecule has 7 heterocycles. The Hall–Kier alpha value is -7.28. The predicted molar refractivity (Wildman–Crippen MR) is 345 cm³/mol. The Morgan fingerprint density at radius 3 is 2.17 bits per heavy atom. The van der Waals surface area contributed by atoms with Gasteiger partial charge in [0.15, 0.2) is 18.7 Å². The van der Waals surface area contributed by atoms with E-state index in [1.165, 1.54) is 50.4 Å². The third-order valence-electron chi connectivity index (χ3n) is 16.8. The summed E-state index contributed by atoms with van der Waals surface area (Å²) in [5, 5.41) is 122. The fourth-order valence-electron chi connectivity index (χ4n) is 10.9. The van der Waals surface area contributed by atoms with Crippen molar-refractivity contribution in [1.82, 2.24) is 71.6 Å². The molecule has 4 aromatic heterocycles. The number of nitrogens with one attached hydrogen (secondary N) is 7. The second-order valence-electron chi connectivity index (χ2n) is 24.0. The molecule has 0 radical (unpaired) electrons. The summed E-state index contributed by atoms with van der Waals surface area (Å²) >= 11 is 2.55. The molecule has 0 aliphatic carbocycles. The summed E-state index contributed by atoms with van der Waals surface area (Å²) in [7, 11) is 1.09. The molecular weight excluding hydrogens is 1350 g/mol. The van der Waals surface area contributed by atoms with Crippen LogP contribution >= 0.6 is 22.7 Å². The number of likely N-dealkylation sites (N-methyl/N-ethyl adjacent to an activating group) is 1. The summed E-state index contributed by atoms with van der Waals surface area (Å²) in [5.74, 6) is -7.23. The van der Waals surface area contributed by atoms with Crippen LogP contribution in [0.4, 0.5) is 10.6 Å². The number of anilines is 1. The van der Waals surface area contributed by atoms with Gasteiger partial charge in [-0.05, 0) is 20.8 Å². The summed E-state index contributed by atoms with van der Waals surface area (Å²) in [6, 6.07) is -7.61. The molecule has 20 atom stereocenters. The van der Waals surface area contributed by atoms with Gasteiger partial charge in [0.25, 0.3) is 11.8 Å². The highest BCUT2D eigenvalue weighted by molar-refractivity contribution is 7.14. The molecule has 0 aromatic carbocycles. The number of nitrogens with zero attached hydrogens (tertiary/aromatic N) is 7. The highest BCUT2D eigenvalue weighted by atomic mass is 32.1. The monoisotopic (exact) mass is 1440 g/mol. The van der Waals surface area contributed by atoms with Crippen molar-refractivity contribution >= 4 is 70.0 Å². The number of carbonyl (C=O) groups excluding carboxylic acids is 7. The van der Waals surface area contributed by atoms with Crippen LogP contribution in [0.15, 0.2) is 23.3 Å². The van der Waals surface area contributed by atoms with Crippen molar-refractivity contribution in [1.29, 1.82) is 0 Å². The van der Waals surface area contributed by atoms with Gasteiger partial charge in [0, 0.05) is 94.5 Å². The summed E-state index contributed by atoms with van der Waals surface area (Å²) in [5.41, 5.74) is 28.4. The molecule has 7 rings (SSSR count). The van der Waals surface area contributed by atoms with E-state index in [2.05, 4.69) is 66.7 Å². The predicted octanol–water partition coefficient (Wildman–Crippen LogP) is -8.93. The number of amides is 7. The first kappa shape index (κ1) is 79.1. The minimum atomic E-state index is -2.19. The van der Waals surface area contributed by atoms with Crippen LogP contribution in [0.5, 0.6) is 0 Å². The average Bonchev–Trinajstić information content (AvgIpc) is 1.22. The lowest BCUT2D eigenvalue weighted by molar-refractivity contribution is -0.372. The van der Waals surface area contributed by atoms with Gasteiger partial charge >= 0.3 is 6.09 Å². The zero-order chi connectivity index (χ0) is 72.7. The molecule has 4 aromatic rings. The van der Waals surface area contributed by atoms with Gasteiger partial charge in [-0.1, -0.05) is 6.92 Å². The molecule has 0 saturated carbocycles. The van der Waals surface area contributed by atoms with Crippen molar-refractivity contribution in [3.8, 4) is 10.7 Å². The van der Waals surface area contributed by atoms with E-state index in [0.717, 1.165) is 50.7 Å². The van der Waals surface area contributed by atoms with Crippen LogP contribution in [0, 0.1) is 12.8 Å². The van der Waals surface area contributed by atoms with E-state index >= 15 is 9.59 Å². The van der Waals surface area contributed by atoms with Crippen molar-refractivity contribution in [2.45, 2.75) is 157 Å². The van der Waals surface area contributed by atoms with Crippen LogP contribution in [0.2, 0.25) is 0 Å². The van der Waals surface area contributed by atoms with Gasteiger partial charge in [0.2, 0.25) is 23.6 Å². The van der Waals surface area contributed by atoms with Crippen LogP contribution in [-0.4, -0.2) is 304 Å². The van der Waals surface area contributed by atoms with Crippen molar-refractivity contribution in [3.63, 3.8) is 0 Å². The Labute approximate surface area is 574 Å². The minimum absolute atomic E-state index is 0.0213. The molecule has 3 fully saturated rings. The highest BCUT2D eigenvalue weighted by Gasteiger charge is 2.54. The smallest absolute Gasteiger partial charge is 0.404 e. The molecule has 550 valence electrons. The number of rotatable bonds is 35. The number of carbonyl (C=O) groups is 7. The molecule has 0 bridgehead atoms. The van der Waals surface area contributed by atoms with Crippen LogP contribution in [0.25, 0.3) is 10.7 Å². The topological polar surface area (TPSA) is 637 Å². The normalized spacial score (nSPS) is 25.1. The quantitative estimate of drug-likeness (QED) is 0.0190. The number of nitrogen functional groups attached to an aromatic ring is 1. The number of aromatic nitrogens is 6. The number of nitrogens with two attached hydrogens (primary N) is 5. The molecule has 3 aliphatic heterocycles. The van der Waals surface area contributed by atoms with E-state index in [4.69, 9.17) is 52.4 Å². The maximum atomic E-state index is 15.5. The van der Waals surface area contributed by atoms with E-state index in [9.17, 15) is 69.9 Å². The second-order valence-corrected chi connectivity index (χ2v) is 25.8. The maximum Gasteiger partial charge on any atom is 0.404 e. The van der Waals surface area contributed by atoms with E-state index in [1.807, 2.05) is 0 Å². The SMILES string of the molecule is Cc1c(N)nc(C(CC(N)=O)NCC(N)C(N)=O)nc1C(=O)N(C)C(C(=O)NC(C)C(O)C(C)C(O)NC(C(=O)NCCc1nc(-c2nc(C(=O)NCCN3CCNCC3)cs2)cs1)C(C)O)C(OC1OC(CO)C(O)C(O)C1OC1OC(CO)C(O)C(OC(N)=O)C1O)c1cnc[nH]1. The van der Waals surface area contributed by atoms with Crippen molar-refractivity contribution in [2.75, 3.05) is 78.4 Å². The van der Waals surface area contributed by atoms with Gasteiger partial charge in [-0.2, -0.15) is 0 Å². The lowest BCUT2D eigenvalue weighted by Crippen LogP contribution is -2.65. The lowest BCUT2D eigenvalue weighted by Gasteiger charge is -2.47. The van der Waals surface area contributed by atoms with Gasteiger partial charge in [-0.3, -0.25) is 39.0 Å². The van der Waals surface area contributed by atoms with E-state index in [1.54, 1.807) is 10.8 Å². The largest absolute Gasteiger partial charge is 0.441 e. The molecule has 0 spiro atoms. The molecule has 99 heavy (non-hydrogen) atoms. The first-order chi connectivity index (χ1) is 46.9. The van der Waals surface area contributed by atoms with Crippen LogP contribution in [0.1, 0.15) is 82.4 Å². The number of H-pyrrole nitrogens is 1. The van der Waals surface area contributed by atoms with Gasteiger partial charge in [-0.15, -0.1) is 22.7 Å². The first-order valence-electron chi connectivity index (χ1n) is 31.4. The third kappa shape index (κ3) is 20.5. The lowest BCUT2D eigenvalue weighted by atomic mass is 9.95. The minimum Gasteiger partial charge on any atom is -0.441 e. The average molecular weight is 1440 g/mol. The van der Waals surface area contributed by atoms with Gasteiger partial charge < -0.3 is 135 Å². The van der Waals surface area contributed by atoms with E-state index < -0.39 is 183 Å². The zero-order valence-electron chi connectivity index (χ0n) is 54.6. The van der Waals surface area contributed by atoms with Crippen molar-refractivity contribution < 1.29 is 103 Å². The van der Waals surface area contributed by atoms with E-state index in [-0.39, 0.29) is 54.0 Å². The number of ether oxygens (including phenoxy) is 5. The number of primary amides is 3. The van der Waals surface area contributed by atoms with Gasteiger partial charge in [0.1, 0.15) is 101 Å². The maximum absolute atomic E-state index is 15.5. The van der Waals surface area contributed by atoms with Crippen LogP contribution in [-0.2, 0) is 49.3 Å². The molecule has 42 heteroatoms. The second kappa shape index (κ2) is 36.4. The summed E-state index contributed by atoms with van der Waals surface area (Å²) in [6.45, 7) is 7.69. The molecule has 3 aliphatic rings. The number of piperazine rings is 1. The summed E-state index contributed by atoms with van der Waals surface area (Å²) in [4.78, 5) is 121. The number of thiazole rings is 2. The Balaban J connectivity index is 1.12.